The Labute approximate surface area is 141 Å². The first-order valence-electron chi connectivity index (χ1n) is 7.61. The maximum absolute atomic E-state index is 5.56. The summed E-state index contributed by atoms with van der Waals surface area (Å²) in [4.78, 5) is 9.80. The van der Waals surface area contributed by atoms with E-state index in [0.29, 0.717) is 4.77 Å². The van der Waals surface area contributed by atoms with E-state index in [1.165, 1.54) is 22.4 Å². The Kier molecular flexibility index (Phi) is 4.63. The zero-order valence-corrected chi connectivity index (χ0v) is 14.5. The van der Waals surface area contributed by atoms with Gasteiger partial charge in [0.1, 0.15) is 11.5 Å². The summed E-state index contributed by atoms with van der Waals surface area (Å²) >= 11 is 5.10. The topological polar surface area (TPSA) is 50.4 Å². The summed E-state index contributed by atoms with van der Waals surface area (Å²) in [5.41, 5.74) is 4.81. The van der Waals surface area contributed by atoms with E-state index in [1.54, 1.807) is 14.2 Å². The molecule has 0 unspecified atom stereocenters. The van der Waals surface area contributed by atoms with Crippen LogP contribution in [0.25, 0.3) is 0 Å². The van der Waals surface area contributed by atoms with Crippen LogP contribution < -0.4 is 9.47 Å². The Balaban J connectivity index is 1.83. The highest BCUT2D eigenvalue weighted by Gasteiger charge is 2.19. The van der Waals surface area contributed by atoms with Crippen molar-refractivity contribution in [2.45, 2.75) is 26.4 Å². The van der Waals surface area contributed by atoms with Crippen molar-refractivity contribution in [1.29, 1.82) is 0 Å². The van der Waals surface area contributed by atoms with Crippen LogP contribution in [-0.4, -0.2) is 35.6 Å². The maximum atomic E-state index is 5.56. The van der Waals surface area contributed by atoms with E-state index in [2.05, 4.69) is 27.9 Å². The average molecular weight is 331 g/mol. The Hall–Kier alpha value is -1.92. The van der Waals surface area contributed by atoms with Crippen LogP contribution in [0, 0.1) is 11.7 Å². The largest absolute Gasteiger partial charge is 0.497 e. The molecule has 0 atom stereocenters. The molecule has 5 nitrogen and oxygen atoms in total. The molecule has 6 heteroatoms. The molecule has 0 amide bonds. The minimum absolute atomic E-state index is 0.560. The molecule has 0 fully saturated rings. The molecule has 0 radical (unpaired) electrons. The molecule has 23 heavy (non-hydrogen) atoms. The highest BCUT2D eigenvalue weighted by atomic mass is 32.1. The number of nitrogens with one attached hydrogen (secondary N) is 1. The van der Waals surface area contributed by atoms with Crippen molar-refractivity contribution in [2.24, 2.45) is 0 Å². The predicted octanol–water partition coefficient (Wildman–Crippen LogP) is 3.02. The van der Waals surface area contributed by atoms with Gasteiger partial charge in [0, 0.05) is 55.1 Å². The SMILES string of the molecule is COc1cc(C)c(CN2CCc3[nH]c(=S)ncc3C2)c(OC)c1. The van der Waals surface area contributed by atoms with E-state index in [1.807, 2.05) is 12.3 Å². The van der Waals surface area contributed by atoms with Gasteiger partial charge in [-0.15, -0.1) is 0 Å². The van der Waals surface area contributed by atoms with Gasteiger partial charge in [-0.3, -0.25) is 4.90 Å². The van der Waals surface area contributed by atoms with Gasteiger partial charge in [-0.05, 0) is 30.8 Å². The van der Waals surface area contributed by atoms with Crippen LogP contribution in [0.2, 0.25) is 0 Å². The lowest BCUT2D eigenvalue weighted by Crippen LogP contribution is -2.31. The fourth-order valence-corrected chi connectivity index (χ4v) is 3.20. The van der Waals surface area contributed by atoms with Gasteiger partial charge >= 0.3 is 0 Å². The van der Waals surface area contributed by atoms with Crippen LogP contribution in [0.4, 0.5) is 0 Å². The Morgan fingerprint density at radius 2 is 2.13 bits per heavy atom. The van der Waals surface area contributed by atoms with E-state index >= 15 is 0 Å². The van der Waals surface area contributed by atoms with Crippen molar-refractivity contribution in [3.05, 3.63) is 45.5 Å². The van der Waals surface area contributed by atoms with E-state index < -0.39 is 0 Å². The zero-order valence-electron chi connectivity index (χ0n) is 13.7. The molecule has 1 N–H and O–H groups in total. The molecule has 0 bridgehead atoms. The maximum Gasteiger partial charge on any atom is 0.196 e. The molecule has 1 aromatic carbocycles. The number of hydrogen-bond acceptors (Lipinski definition) is 5. The molecular weight excluding hydrogens is 310 g/mol. The number of fused-ring (bicyclic) bond motifs is 1. The minimum atomic E-state index is 0.560. The van der Waals surface area contributed by atoms with Gasteiger partial charge < -0.3 is 14.5 Å². The second-order valence-electron chi connectivity index (χ2n) is 5.78. The van der Waals surface area contributed by atoms with Crippen LogP contribution in [0.5, 0.6) is 11.5 Å². The lowest BCUT2D eigenvalue weighted by molar-refractivity contribution is 0.238. The zero-order chi connectivity index (χ0) is 16.4. The fourth-order valence-electron chi connectivity index (χ4n) is 3.02. The number of aromatic nitrogens is 2. The van der Waals surface area contributed by atoms with Crippen LogP contribution in [0.3, 0.4) is 0 Å². The number of benzene rings is 1. The number of ether oxygens (including phenoxy) is 2. The predicted molar refractivity (Wildman–Crippen MR) is 91.5 cm³/mol. The summed E-state index contributed by atoms with van der Waals surface area (Å²) in [6.07, 6.45) is 2.84. The molecule has 1 aliphatic rings. The number of aryl methyl sites for hydroxylation is 1. The minimum Gasteiger partial charge on any atom is -0.497 e. The number of H-pyrrole nitrogens is 1. The summed E-state index contributed by atoms with van der Waals surface area (Å²) in [7, 11) is 3.37. The standard InChI is InChI=1S/C17H21N3O2S/c1-11-6-13(21-2)7-16(22-3)14(11)10-20-5-4-15-12(9-20)8-18-17(23)19-15/h6-8H,4-5,9-10H2,1-3H3,(H,18,19,23). The number of aromatic amines is 1. The van der Waals surface area contributed by atoms with E-state index in [9.17, 15) is 0 Å². The van der Waals surface area contributed by atoms with Gasteiger partial charge in [0.05, 0.1) is 14.2 Å². The molecule has 122 valence electrons. The third-order valence-corrected chi connectivity index (χ3v) is 4.51. The first-order valence-corrected chi connectivity index (χ1v) is 8.02. The second-order valence-corrected chi connectivity index (χ2v) is 6.16. The van der Waals surface area contributed by atoms with E-state index in [4.69, 9.17) is 21.7 Å². The lowest BCUT2D eigenvalue weighted by Gasteiger charge is -2.29. The van der Waals surface area contributed by atoms with Gasteiger partial charge in [0.15, 0.2) is 4.77 Å². The van der Waals surface area contributed by atoms with Crippen molar-refractivity contribution < 1.29 is 9.47 Å². The summed E-state index contributed by atoms with van der Waals surface area (Å²) < 4.78 is 11.4. The van der Waals surface area contributed by atoms with Gasteiger partial charge in [0.25, 0.3) is 0 Å². The van der Waals surface area contributed by atoms with Crippen LogP contribution in [0.1, 0.15) is 22.4 Å². The normalized spacial score (nSPS) is 14.4. The number of hydrogen-bond donors (Lipinski definition) is 1. The highest BCUT2D eigenvalue weighted by molar-refractivity contribution is 7.71. The van der Waals surface area contributed by atoms with Gasteiger partial charge in [-0.25, -0.2) is 4.98 Å². The van der Waals surface area contributed by atoms with Crippen LogP contribution in [0.15, 0.2) is 18.3 Å². The van der Waals surface area contributed by atoms with E-state index in [-0.39, 0.29) is 0 Å². The molecule has 0 spiro atoms. The molecule has 0 aliphatic carbocycles. The average Bonchev–Trinajstić information content (AvgIpc) is 2.56. The molecule has 3 rings (SSSR count). The molecule has 1 aliphatic heterocycles. The smallest absolute Gasteiger partial charge is 0.196 e. The molecular formula is C17H21N3O2S. The molecule has 2 heterocycles. The number of methoxy groups -OCH3 is 2. The monoisotopic (exact) mass is 331 g/mol. The third kappa shape index (κ3) is 3.38. The van der Waals surface area contributed by atoms with Crippen molar-refractivity contribution in [3.63, 3.8) is 0 Å². The molecule has 1 aromatic heterocycles. The quantitative estimate of drug-likeness (QED) is 0.873. The van der Waals surface area contributed by atoms with Gasteiger partial charge in [0.2, 0.25) is 0 Å². The fraction of sp³-hybridized carbons (Fsp3) is 0.412. The highest BCUT2D eigenvalue weighted by Crippen LogP contribution is 2.30. The first-order chi connectivity index (χ1) is 11.1. The Morgan fingerprint density at radius 3 is 2.87 bits per heavy atom. The summed E-state index contributed by atoms with van der Waals surface area (Å²) in [5.74, 6) is 1.70. The first kappa shape index (κ1) is 16.0. The van der Waals surface area contributed by atoms with Crippen molar-refractivity contribution in [1.82, 2.24) is 14.9 Å². The molecule has 0 saturated carbocycles. The summed E-state index contributed by atoms with van der Waals surface area (Å²) in [6.45, 7) is 4.78. The lowest BCUT2D eigenvalue weighted by atomic mass is 10.0. The Bertz CT molecular complexity index is 773. The summed E-state index contributed by atoms with van der Waals surface area (Å²) in [6, 6.07) is 3.99. The van der Waals surface area contributed by atoms with Gasteiger partial charge in [-0.2, -0.15) is 0 Å². The van der Waals surface area contributed by atoms with Crippen molar-refractivity contribution in [3.8, 4) is 11.5 Å². The second kappa shape index (κ2) is 6.68. The van der Waals surface area contributed by atoms with Crippen molar-refractivity contribution >= 4 is 12.2 Å². The van der Waals surface area contributed by atoms with Crippen molar-refractivity contribution in [2.75, 3.05) is 20.8 Å². The third-order valence-electron chi connectivity index (χ3n) is 4.30. The summed E-state index contributed by atoms with van der Waals surface area (Å²) in [5, 5.41) is 0. The molecule has 2 aromatic rings. The molecule has 0 saturated heterocycles. The van der Waals surface area contributed by atoms with Gasteiger partial charge in [-0.1, -0.05) is 0 Å². The number of rotatable bonds is 4. The van der Waals surface area contributed by atoms with Crippen LogP contribution >= 0.6 is 12.2 Å². The van der Waals surface area contributed by atoms with Crippen LogP contribution in [-0.2, 0) is 19.5 Å². The Morgan fingerprint density at radius 1 is 1.30 bits per heavy atom. The number of nitrogens with zero attached hydrogens (tertiary/aromatic N) is 2. The van der Waals surface area contributed by atoms with E-state index in [0.717, 1.165) is 37.6 Å².